The number of hydrogen-bond donors (Lipinski definition) is 1. The predicted octanol–water partition coefficient (Wildman–Crippen LogP) is 2.26. The molecule has 5 rings (SSSR count). The van der Waals surface area contributed by atoms with E-state index in [2.05, 4.69) is 15.3 Å². The van der Waals surface area contributed by atoms with Crippen LogP contribution in [0.5, 0.6) is 0 Å². The van der Waals surface area contributed by atoms with Crippen LogP contribution in [-0.2, 0) is 11.2 Å². The van der Waals surface area contributed by atoms with E-state index < -0.39 is 11.6 Å². The van der Waals surface area contributed by atoms with E-state index in [-0.39, 0.29) is 17.6 Å². The Kier molecular flexibility index (Phi) is 4.63. The highest BCUT2D eigenvalue weighted by atomic mass is 19.1. The second-order valence-corrected chi connectivity index (χ2v) is 8.28. The molecule has 1 aliphatic heterocycles. The fraction of sp³-hybridized carbons (Fsp3) is 0.524. The third-order valence-electron chi connectivity index (χ3n) is 6.34. The molecule has 3 atom stereocenters. The number of carbonyl (C=O) groups excluding carboxylic acids is 1. The van der Waals surface area contributed by atoms with Gasteiger partial charge in [-0.2, -0.15) is 5.10 Å². The molecule has 1 saturated heterocycles. The first-order valence-corrected chi connectivity index (χ1v) is 10.1. The largest absolute Gasteiger partial charge is 0.383 e. The molecule has 1 saturated carbocycles. The Morgan fingerprint density at radius 2 is 2.24 bits per heavy atom. The van der Waals surface area contributed by atoms with Crippen LogP contribution in [0, 0.1) is 17.6 Å². The lowest BCUT2D eigenvalue weighted by atomic mass is 10.1. The highest BCUT2D eigenvalue weighted by molar-refractivity contribution is 5.94. The van der Waals surface area contributed by atoms with Crippen LogP contribution in [0.25, 0.3) is 5.69 Å². The average Bonchev–Trinajstić information content (AvgIpc) is 3.03. The highest BCUT2D eigenvalue weighted by Gasteiger charge is 2.50. The standard InChI is InChI=1S/C21H24F2N4O2/c1-29-7-6-26-5-4-14(11-26)24-21(28)19-16-9-12-8-15(12)20(16)27(25-19)18-3-2-13(22)10-17(18)23/h2-3,10,12,14-15H,4-9,11H2,1H3,(H,24,28)/t12-,14-,15-/m1/s1. The molecule has 2 aromatic rings. The zero-order chi connectivity index (χ0) is 20.1. The molecular weight excluding hydrogens is 378 g/mol. The highest BCUT2D eigenvalue weighted by Crippen LogP contribution is 2.57. The van der Waals surface area contributed by atoms with Crippen LogP contribution in [-0.4, -0.2) is 60.0 Å². The maximum atomic E-state index is 14.4. The van der Waals surface area contributed by atoms with Crippen molar-refractivity contribution in [3.05, 3.63) is 46.8 Å². The molecule has 0 radical (unpaired) electrons. The van der Waals surface area contributed by atoms with Crippen LogP contribution >= 0.6 is 0 Å². The fourth-order valence-corrected chi connectivity index (χ4v) is 4.76. The lowest BCUT2D eigenvalue weighted by Gasteiger charge is -2.16. The van der Waals surface area contributed by atoms with Crippen molar-refractivity contribution >= 4 is 5.91 Å². The molecule has 154 valence electrons. The Balaban J connectivity index is 1.39. The summed E-state index contributed by atoms with van der Waals surface area (Å²) in [5, 5.41) is 7.59. The van der Waals surface area contributed by atoms with E-state index in [1.807, 2.05) is 0 Å². The van der Waals surface area contributed by atoms with E-state index in [4.69, 9.17) is 4.74 Å². The molecule has 1 amide bonds. The van der Waals surface area contributed by atoms with E-state index in [1.54, 1.807) is 7.11 Å². The van der Waals surface area contributed by atoms with Crippen molar-refractivity contribution in [2.75, 3.05) is 33.4 Å². The van der Waals surface area contributed by atoms with Crippen molar-refractivity contribution in [2.24, 2.45) is 5.92 Å². The van der Waals surface area contributed by atoms with Gasteiger partial charge in [0.1, 0.15) is 11.5 Å². The van der Waals surface area contributed by atoms with Gasteiger partial charge in [0.15, 0.2) is 11.5 Å². The van der Waals surface area contributed by atoms with Gasteiger partial charge in [0.05, 0.1) is 12.3 Å². The number of ether oxygens (including phenoxy) is 1. The number of benzene rings is 1. The molecule has 0 spiro atoms. The fourth-order valence-electron chi connectivity index (χ4n) is 4.76. The molecule has 1 N–H and O–H groups in total. The summed E-state index contributed by atoms with van der Waals surface area (Å²) in [6.07, 6.45) is 2.73. The summed E-state index contributed by atoms with van der Waals surface area (Å²) in [7, 11) is 1.68. The van der Waals surface area contributed by atoms with Gasteiger partial charge in [-0.15, -0.1) is 0 Å². The summed E-state index contributed by atoms with van der Waals surface area (Å²) < 4.78 is 34.4. The summed E-state index contributed by atoms with van der Waals surface area (Å²) in [6.45, 7) is 3.23. The minimum atomic E-state index is -0.670. The molecule has 8 heteroatoms. The van der Waals surface area contributed by atoms with Gasteiger partial charge in [-0.05, 0) is 37.3 Å². The third kappa shape index (κ3) is 3.34. The second-order valence-electron chi connectivity index (χ2n) is 8.28. The van der Waals surface area contributed by atoms with Gasteiger partial charge in [0.2, 0.25) is 0 Å². The minimum absolute atomic E-state index is 0.0682. The summed E-state index contributed by atoms with van der Waals surface area (Å²) in [5.41, 5.74) is 2.41. The van der Waals surface area contributed by atoms with Crippen molar-refractivity contribution < 1.29 is 18.3 Å². The minimum Gasteiger partial charge on any atom is -0.383 e. The lowest BCUT2D eigenvalue weighted by molar-refractivity contribution is 0.0930. The first-order valence-electron chi connectivity index (χ1n) is 10.1. The molecule has 6 nitrogen and oxygen atoms in total. The molecule has 1 aromatic heterocycles. The number of nitrogens with zero attached hydrogens (tertiary/aromatic N) is 3. The van der Waals surface area contributed by atoms with Gasteiger partial charge >= 0.3 is 0 Å². The van der Waals surface area contributed by atoms with Crippen LogP contribution in [0.4, 0.5) is 8.78 Å². The number of aromatic nitrogens is 2. The van der Waals surface area contributed by atoms with E-state index in [0.717, 1.165) is 56.2 Å². The molecule has 2 heterocycles. The second kappa shape index (κ2) is 7.18. The molecule has 2 aliphatic carbocycles. The van der Waals surface area contributed by atoms with Gasteiger partial charge in [0, 0.05) is 50.3 Å². The SMILES string of the molecule is COCCN1CC[C@@H](NC(=O)c2nn(-c3ccc(F)cc3F)c3c2C[C@H]2C[C@@H]32)C1. The molecule has 3 aliphatic rings. The quantitative estimate of drug-likeness (QED) is 0.805. The normalized spacial score (nSPS) is 25.1. The van der Waals surface area contributed by atoms with Gasteiger partial charge in [-0.3, -0.25) is 9.69 Å². The number of methoxy groups -OCH3 is 1. The number of fused-ring (bicyclic) bond motifs is 3. The Morgan fingerprint density at radius 1 is 1.38 bits per heavy atom. The first-order chi connectivity index (χ1) is 14.0. The number of nitrogens with one attached hydrogen (secondary N) is 1. The van der Waals surface area contributed by atoms with Crippen LogP contribution in [0.3, 0.4) is 0 Å². The number of carbonyl (C=O) groups is 1. The Bertz CT molecular complexity index is 960. The van der Waals surface area contributed by atoms with Crippen LogP contribution in [0.2, 0.25) is 0 Å². The zero-order valence-corrected chi connectivity index (χ0v) is 16.3. The third-order valence-corrected chi connectivity index (χ3v) is 6.34. The van der Waals surface area contributed by atoms with Crippen molar-refractivity contribution in [3.63, 3.8) is 0 Å². The Labute approximate surface area is 167 Å². The summed E-state index contributed by atoms with van der Waals surface area (Å²) in [6, 6.07) is 3.53. The van der Waals surface area contributed by atoms with Gasteiger partial charge in [-0.1, -0.05) is 0 Å². The monoisotopic (exact) mass is 402 g/mol. The summed E-state index contributed by atoms with van der Waals surface area (Å²) in [5.74, 6) is -0.672. The summed E-state index contributed by atoms with van der Waals surface area (Å²) in [4.78, 5) is 15.3. The number of halogens is 2. The molecule has 29 heavy (non-hydrogen) atoms. The van der Waals surface area contributed by atoms with Crippen LogP contribution < -0.4 is 5.32 Å². The first kappa shape index (κ1) is 18.7. The molecule has 0 bridgehead atoms. The number of rotatable bonds is 6. The molecule has 2 fully saturated rings. The Hall–Kier alpha value is -2.32. The van der Waals surface area contributed by atoms with E-state index >= 15 is 0 Å². The maximum absolute atomic E-state index is 14.4. The van der Waals surface area contributed by atoms with Crippen molar-refractivity contribution in [3.8, 4) is 5.69 Å². The molecular formula is C21H24F2N4O2. The topological polar surface area (TPSA) is 59.4 Å². The maximum Gasteiger partial charge on any atom is 0.272 e. The van der Waals surface area contributed by atoms with Gasteiger partial charge < -0.3 is 10.1 Å². The smallest absolute Gasteiger partial charge is 0.272 e. The van der Waals surface area contributed by atoms with E-state index in [0.29, 0.717) is 24.1 Å². The van der Waals surface area contributed by atoms with E-state index in [1.165, 1.54) is 16.8 Å². The van der Waals surface area contributed by atoms with E-state index in [9.17, 15) is 13.6 Å². The zero-order valence-electron chi connectivity index (χ0n) is 16.3. The Morgan fingerprint density at radius 3 is 3.03 bits per heavy atom. The van der Waals surface area contributed by atoms with Crippen LogP contribution in [0.1, 0.15) is 40.5 Å². The summed E-state index contributed by atoms with van der Waals surface area (Å²) >= 11 is 0. The lowest BCUT2D eigenvalue weighted by Crippen LogP contribution is -2.38. The predicted molar refractivity (Wildman–Crippen MR) is 102 cm³/mol. The van der Waals surface area contributed by atoms with Crippen molar-refractivity contribution in [1.82, 2.24) is 20.0 Å². The number of amides is 1. The molecule has 0 unspecified atom stereocenters. The van der Waals surface area contributed by atoms with Crippen molar-refractivity contribution in [1.29, 1.82) is 0 Å². The number of hydrogen-bond acceptors (Lipinski definition) is 4. The van der Waals surface area contributed by atoms with Gasteiger partial charge in [0.25, 0.3) is 5.91 Å². The average molecular weight is 402 g/mol. The van der Waals surface area contributed by atoms with Crippen LogP contribution in [0.15, 0.2) is 18.2 Å². The van der Waals surface area contributed by atoms with Gasteiger partial charge in [-0.25, -0.2) is 13.5 Å². The number of likely N-dealkylation sites (tertiary alicyclic amines) is 1. The molecule has 1 aromatic carbocycles. The van der Waals surface area contributed by atoms with Crippen molar-refractivity contribution in [2.45, 2.75) is 31.2 Å².